The summed E-state index contributed by atoms with van der Waals surface area (Å²) in [4.78, 5) is 13.1. The molecule has 1 aromatic carbocycles. The average Bonchev–Trinajstić information content (AvgIpc) is 2.60. The molecular formula is C23H39O3Si2+. The van der Waals surface area contributed by atoms with Crippen LogP contribution in [0.25, 0.3) is 0 Å². The smallest absolute Gasteiger partial charge is 0.340 e. The SMILES string of the molecule is C[Si](C)(C)C[CH+]CC(OC(=O)c1ccccc1)(O[Si](C)(C)C)C1CCCCC1. The largest absolute Gasteiger partial charge is 0.425 e. The third kappa shape index (κ3) is 7.41. The number of carbonyl (C=O) groups excluding carboxylic acids is 1. The standard InChI is InChI=1S/C23H39O3Si2/c1-27(2,3)19-13-18-23(26-28(4,5)6,21-16-11-8-12-17-21)25-22(24)20-14-9-7-10-15-20/h7,9-10,13-15,21H,8,11-12,16-19H2,1-6H3/q+1. The molecule has 0 N–H and O–H groups in total. The zero-order valence-electron chi connectivity index (χ0n) is 18.7. The van der Waals surface area contributed by atoms with Crippen molar-refractivity contribution < 1.29 is 14.0 Å². The van der Waals surface area contributed by atoms with Gasteiger partial charge in [-0.15, -0.1) is 0 Å². The van der Waals surface area contributed by atoms with Gasteiger partial charge in [0.05, 0.1) is 26.1 Å². The van der Waals surface area contributed by atoms with Crippen molar-refractivity contribution in [1.82, 2.24) is 0 Å². The van der Waals surface area contributed by atoms with Crippen LogP contribution in [-0.2, 0) is 9.16 Å². The Morgan fingerprint density at radius 1 is 1.04 bits per heavy atom. The highest BCUT2D eigenvalue weighted by molar-refractivity contribution is 6.76. The molecule has 1 unspecified atom stereocenters. The lowest BCUT2D eigenvalue weighted by Crippen LogP contribution is -2.52. The van der Waals surface area contributed by atoms with E-state index in [2.05, 4.69) is 45.7 Å². The van der Waals surface area contributed by atoms with Crippen LogP contribution in [0.1, 0.15) is 48.9 Å². The summed E-state index contributed by atoms with van der Waals surface area (Å²) in [7, 11) is -3.14. The van der Waals surface area contributed by atoms with Gasteiger partial charge in [-0.3, -0.25) is 0 Å². The van der Waals surface area contributed by atoms with Gasteiger partial charge in [0.1, 0.15) is 0 Å². The summed E-state index contributed by atoms with van der Waals surface area (Å²) in [5, 5.41) is 0. The second-order valence-electron chi connectivity index (χ2n) is 10.4. The molecule has 0 aliphatic heterocycles. The molecule has 0 heterocycles. The van der Waals surface area contributed by atoms with E-state index in [1.54, 1.807) is 0 Å². The van der Waals surface area contributed by atoms with Crippen LogP contribution in [0, 0.1) is 12.3 Å². The van der Waals surface area contributed by atoms with Gasteiger partial charge in [-0.2, -0.15) is 0 Å². The maximum atomic E-state index is 13.1. The van der Waals surface area contributed by atoms with Crippen LogP contribution in [0.5, 0.6) is 0 Å². The zero-order valence-corrected chi connectivity index (χ0v) is 20.7. The summed E-state index contributed by atoms with van der Waals surface area (Å²) >= 11 is 0. The number of carbonyl (C=O) groups is 1. The Morgan fingerprint density at radius 3 is 2.18 bits per heavy atom. The number of ether oxygens (including phenoxy) is 1. The van der Waals surface area contributed by atoms with Crippen molar-refractivity contribution in [1.29, 1.82) is 0 Å². The fourth-order valence-electron chi connectivity index (χ4n) is 3.99. The van der Waals surface area contributed by atoms with Crippen molar-refractivity contribution in [2.24, 2.45) is 5.92 Å². The second-order valence-corrected chi connectivity index (χ2v) is 20.3. The molecule has 5 heteroatoms. The third-order valence-electron chi connectivity index (χ3n) is 5.17. The van der Waals surface area contributed by atoms with Gasteiger partial charge in [-0.1, -0.05) is 57.1 Å². The molecule has 1 atom stereocenters. The van der Waals surface area contributed by atoms with E-state index in [4.69, 9.17) is 9.16 Å². The minimum absolute atomic E-state index is 0.258. The van der Waals surface area contributed by atoms with Gasteiger partial charge in [-0.25, -0.2) is 4.79 Å². The molecule has 0 bridgehead atoms. The maximum Gasteiger partial charge on any atom is 0.340 e. The van der Waals surface area contributed by atoms with E-state index < -0.39 is 22.2 Å². The molecule has 28 heavy (non-hydrogen) atoms. The Kier molecular flexibility index (Phi) is 8.00. The highest BCUT2D eigenvalue weighted by atomic mass is 28.4. The first-order valence-electron chi connectivity index (χ1n) is 10.8. The van der Waals surface area contributed by atoms with E-state index in [1.807, 2.05) is 30.3 Å². The number of rotatable bonds is 9. The summed E-state index contributed by atoms with van der Waals surface area (Å²) < 4.78 is 13.1. The lowest BCUT2D eigenvalue weighted by atomic mass is 9.81. The summed E-state index contributed by atoms with van der Waals surface area (Å²) in [6, 6.07) is 10.5. The Balaban J connectivity index is 2.31. The maximum absolute atomic E-state index is 13.1. The quantitative estimate of drug-likeness (QED) is 0.189. The van der Waals surface area contributed by atoms with Gasteiger partial charge in [0.15, 0.2) is 14.7 Å². The predicted molar refractivity (Wildman–Crippen MR) is 123 cm³/mol. The van der Waals surface area contributed by atoms with E-state index in [1.165, 1.54) is 19.3 Å². The second kappa shape index (κ2) is 9.64. The fourth-order valence-corrected chi connectivity index (χ4v) is 6.33. The summed E-state index contributed by atoms with van der Waals surface area (Å²) in [6.45, 7) is 13.7. The van der Waals surface area contributed by atoms with Crippen LogP contribution in [-0.4, -0.2) is 28.1 Å². The van der Waals surface area contributed by atoms with Crippen molar-refractivity contribution in [2.45, 2.75) is 89.6 Å². The molecule has 0 amide bonds. The number of benzene rings is 1. The van der Waals surface area contributed by atoms with E-state index in [-0.39, 0.29) is 11.9 Å². The molecule has 0 spiro atoms. The van der Waals surface area contributed by atoms with E-state index >= 15 is 0 Å². The molecule has 1 saturated carbocycles. The average molecular weight is 420 g/mol. The minimum atomic E-state index is -1.93. The molecule has 2 rings (SSSR count). The van der Waals surface area contributed by atoms with Crippen LogP contribution in [0.15, 0.2) is 30.3 Å². The highest BCUT2D eigenvalue weighted by Crippen LogP contribution is 2.42. The molecule has 1 fully saturated rings. The van der Waals surface area contributed by atoms with Crippen molar-refractivity contribution in [3.63, 3.8) is 0 Å². The molecule has 0 saturated heterocycles. The van der Waals surface area contributed by atoms with Crippen molar-refractivity contribution >= 4 is 22.4 Å². The monoisotopic (exact) mass is 419 g/mol. The van der Waals surface area contributed by atoms with Gasteiger partial charge in [-0.05, 0) is 44.6 Å². The Hall–Kier alpha value is -1.05. The number of esters is 1. The molecule has 0 aromatic heterocycles. The van der Waals surface area contributed by atoms with Crippen LogP contribution in [0.4, 0.5) is 0 Å². The lowest BCUT2D eigenvalue weighted by molar-refractivity contribution is -0.193. The van der Waals surface area contributed by atoms with Crippen LogP contribution >= 0.6 is 0 Å². The third-order valence-corrected chi connectivity index (χ3v) is 7.64. The summed E-state index contributed by atoms with van der Waals surface area (Å²) in [5.74, 6) is -0.804. The van der Waals surface area contributed by atoms with Crippen molar-refractivity contribution in [2.75, 3.05) is 0 Å². The van der Waals surface area contributed by atoms with Crippen molar-refractivity contribution in [3.8, 4) is 0 Å². The van der Waals surface area contributed by atoms with Crippen LogP contribution in [0.3, 0.4) is 0 Å². The summed E-state index contributed by atoms with van der Waals surface area (Å²) in [6.07, 6.45) is 8.85. The Labute approximate surface area is 174 Å². The van der Waals surface area contributed by atoms with Gasteiger partial charge in [0.25, 0.3) is 0 Å². The number of hydrogen-bond donors (Lipinski definition) is 0. The number of hydrogen-bond acceptors (Lipinski definition) is 3. The van der Waals surface area contributed by atoms with Gasteiger partial charge in [0.2, 0.25) is 5.79 Å². The molecule has 1 aliphatic carbocycles. The van der Waals surface area contributed by atoms with E-state index in [0.29, 0.717) is 12.0 Å². The molecule has 156 valence electrons. The molecule has 1 aliphatic rings. The van der Waals surface area contributed by atoms with Gasteiger partial charge >= 0.3 is 5.97 Å². The first kappa shape index (κ1) is 23.2. The Morgan fingerprint density at radius 2 is 1.64 bits per heavy atom. The minimum Gasteiger partial charge on any atom is -0.425 e. The van der Waals surface area contributed by atoms with Crippen LogP contribution < -0.4 is 0 Å². The normalized spacial score (nSPS) is 18.4. The molecule has 0 radical (unpaired) electrons. The van der Waals surface area contributed by atoms with Crippen molar-refractivity contribution in [3.05, 3.63) is 42.3 Å². The molecule has 1 aromatic rings. The molecular weight excluding hydrogens is 380 g/mol. The van der Waals surface area contributed by atoms with Gasteiger partial charge < -0.3 is 9.16 Å². The van der Waals surface area contributed by atoms with E-state index in [9.17, 15) is 4.79 Å². The lowest BCUT2D eigenvalue weighted by Gasteiger charge is -2.43. The van der Waals surface area contributed by atoms with E-state index in [0.717, 1.165) is 18.9 Å². The fraction of sp³-hybridized carbons (Fsp3) is 0.652. The first-order chi connectivity index (χ1) is 13.0. The Bertz CT molecular complexity index is 613. The van der Waals surface area contributed by atoms with Gasteiger partial charge in [0, 0.05) is 5.92 Å². The topological polar surface area (TPSA) is 35.5 Å². The molecule has 3 nitrogen and oxygen atoms in total. The highest BCUT2D eigenvalue weighted by Gasteiger charge is 2.49. The first-order valence-corrected chi connectivity index (χ1v) is 17.9. The van der Waals surface area contributed by atoms with Crippen LogP contribution in [0.2, 0.25) is 45.3 Å². The predicted octanol–water partition coefficient (Wildman–Crippen LogP) is 6.90. The summed E-state index contributed by atoms with van der Waals surface area (Å²) in [5.41, 5.74) is 0.604. The zero-order chi connectivity index (χ0) is 20.8.